The lowest BCUT2D eigenvalue weighted by molar-refractivity contribution is -0.136. The summed E-state index contributed by atoms with van der Waals surface area (Å²) >= 11 is 1.47. The van der Waals surface area contributed by atoms with E-state index in [-0.39, 0.29) is 17.9 Å². The number of anilines is 1. The highest BCUT2D eigenvalue weighted by atomic mass is 32.1. The van der Waals surface area contributed by atoms with Gasteiger partial charge in [0.2, 0.25) is 5.78 Å². The van der Waals surface area contributed by atoms with Crippen LogP contribution in [0.1, 0.15) is 34.1 Å². The van der Waals surface area contributed by atoms with E-state index >= 15 is 0 Å². The van der Waals surface area contributed by atoms with E-state index < -0.39 is 29.6 Å². The minimum absolute atomic E-state index is 0.230. The first-order valence-corrected chi connectivity index (χ1v) is 8.77. The average molecular weight is 377 g/mol. The number of rotatable bonds is 7. The number of nitrogen functional groups attached to an aromatic ring is 1. The first-order chi connectivity index (χ1) is 12.3. The van der Waals surface area contributed by atoms with Gasteiger partial charge in [-0.3, -0.25) is 19.1 Å². The molecule has 0 spiro atoms. The fourth-order valence-electron chi connectivity index (χ4n) is 2.26. The Balaban J connectivity index is 2.11. The summed E-state index contributed by atoms with van der Waals surface area (Å²) in [4.78, 5) is 50.6. The third-order valence-corrected chi connectivity index (χ3v) is 4.57. The molecule has 0 aromatic carbocycles. The number of hydrogen-bond donors (Lipinski definition) is 2. The highest BCUT2D eigenvalue weighted by molar-refractivity contribution is 7.11. The summed E-state index contributed by atoms with van der Waals surface area (Å²) in [5.74, 6) is -1.72. The van der Waals surface area contributed by atoms with Gasteiger partial charge in [0.1, 0.15) is 11.4 Å². The quantitative estimate of drug-likeness (QED) is 0.426. The summed E-state index contributed by atoms with van der Waals surface area (Å²) in [6.07, 6.45) is 3.39. The zero-order valence-electron chi connectivity index (χ0n) is 14.4. The number of nitrogens with two attached hydrogens (primary N) is 1. The summed E-state index contributed by atoms with van der Waals surface area (Å²) in [5.41, 5.74) is 4.84. The number of carbonyl (C=O) groups is 2. The van der Waals surface area contributed by atoms with Crippen LogP contribution in [-0.4, -0.2) is 27.9 Å². The van der Waals surface area contributed by atoms with Crippen LogP contribution in [-0.2, 0) is 16.1 Å². The standard InChI is InChI=1S/C17H19N3O5S/c1-3-7-20-15(18)14(16(23)19-17(20)24)11(21)9-25-13(22)5-4-12-10(2)6-8-26-12/h4-6,8H,3,7,9,18H2,1-2H3,(H,19,23,24)/b5-4+. The van der Waals surface area contributed by atoms with Crippen molar-refractivity contribution in [2.24, 2.45) is 0 Å². The van der Waals surface area contributed by atoms with Crippen LogP contribution in [0.5, 0.6) is 0 Å². The van der Waals surface area contributed by atoms with E-state index in [1.54, 1.807) is 6.08 Å². The molecule has 0 unspecified atom stereocenters. The number of nitrogens with one attached hydrogen (secondary N) is 1. The van der Waals surface area contributed by atoms with Gasteiger partial charge in [-0.2, -0.15) is 0 Å². The smallest absolute Gasteiger partial charge is 0.331 e. The average Bonchev–Trinajstić information content (AvgIpc) is 2.99. The van der Waals surface area contributed by atoms with E-state index in [9.17, 15) is 19.2 Å². The number of H-pyrrole nitrogens is 1. The summed E-state index contributed by atoms with van der Waals surface area (Å²) in [7, 11) is 0. The molecule has 2 heterocycles. The van der Waals surface area contributed by atoms with E-state index in [1.165, 1.54) is 17.4 Å². The minimum atomic E-state index is -0.898. The van der Waals surface area contributed by atoms with Gasteiger partial charge >= 0.3 is 11.7 Å². The minimum Gasteiger partial charge on any atom is -0.454 e. The van der Waals surface area contributed by atoms with Gasteiger partial charge in [0.05, 0.1) is 0 Å². The molecule has 0 fully saturated rings. The molecule has 138 valence electrons. The number of hydrogen-bond acceptors (Lipinski definition) is 7. The number of carbonyl (C=O) groups excluding carboxylic acids is 2. The van der Waals surface area contributed by atoms with Gasteiger partial charge in [-0.05, 0) is 36.4 Å². The van der Waals surface area contributed by atoms with Crippen LogP contribution < -0.4 is 17.0 Å². The number of aryl methyl sites for hydroxylation is 1. The van der Waals surface area contributed by atoms with Crippen LogP contribution in [0.25, 0.3) is 6.08 Å². The molecule has 0 aliphatic rings. The van der Waals surface area contributed by atoms with Crippen molar-refractivity contribution in [1.82, 2.24) is 9.55 Å². The van der Waals surface area contributed by atoms with Gasteiger partial charge in [-0.25, -0.2) is 9.59 Å². The van der Waals surface area contributed by atoms with Crippen molar-refractivity contribution in [2.45, 2.75) is 26.8 Å². The second kappa shape index (κ2) is 8.43. The van der Waals surface area contributed by atoms with Crippen molar-refractivity contribution in [2.75, 3.05) is 12.3 Å². The molecule has 0 saturated carbocycles. The summed E-state index contributed by atoms with van der Waals surface area (Å²) in [6.45, 7) is 3.34. The third-order valence-electron chi connectivity index (χ3n) is 3.58. The molecular weight excluding hydrogens is 358 g/mol. The molecule has 0 aliphatic heterocycles. The molecular formula is C17H19N3O5S. The summed E-state index contributed by atoms with van der Waals surface area (Å²) in [5, 5.41) is 1.89. The zero-order valence-corrected chi connectivity index (χ0v) is 15.2. The second-order valence-corrected chi connectivity index (χ2v) is 6.45. The van der Waals surface area contributed by atoms with Gasteiger partial charge in [0.25, 0.3) is 5.56 Å². The lowest BCUT2D eigenvalue weighted by Crippen LogP contribution is -2.37. The number of ether oxygens (including phenoxy) is 1. The highest BCUT2D eigenvalue weighted by Crippen LogP contribution is 2.17. The molecule has 2 rings (SSSR count). The van der Waals surface area contributed by atoms with Gasteiger partial charge < -0.3 is 10.5 Å². The molecule has 8 nitrogen and oxygen atoms in total. The Morgan fingerprint density at radius 3 is 2.73 bits per heavy atom. The number of nitrogens with zero attached hydrogens (tertiary/aromatic N) is 1. The number of aromatic nitrogens is 2. The Bertz CT molecular complexity index is 968. The molecule has 2 aromatic rings. The lowest BCUT2D eigenvalue weighted by Gasteiger charge is -2.10. The molecule has 0 aliphatic carbocycles. The SMILES string of the molecule is CCCn1c(N)c(C(=O)COC(=O)/C=C/c2sccc2C)c(=O)[nH]c1=O. The van der Waals surface area contributed by atoms with Crippen molar-refractivity contribution in [1.29, 1.82) is 0 Å². The number of aromatic amines is 1. The summed E-state index contributed by atoms with van der Waals surface area (Å²) in [6, 6.07) is 1.92. The topological polar surface area (TPSA) is 124 Å². The zero-order chi connectivity index (χ0) is 19.3. The van der Waals surface area contributed by atoms with Gasteiger partial charge in [0, 0.05) is 17.5 Å². The number of esters is 1. The molecule has 0 amide bonds. The van der Waals surface area contributed by atoms with Crippen LogP contribution in [0.4, 0.5) is 5.82 Å². The molecule has 0 atom stereocenters. The first-order valence-electron chi connectivity index (χ1n) is 7.89. The molecule has 9 heteroatoms. The van der Waals surface area contributed by atoms with Crippen molar-refractivity contribution in [3.05, 3.63) is 54.4 Å². The van der Waals surface area contributed by atoms with Gasteiger partial charge in [-0.15, -0.1) is 11.3 Å². The molecule has 2 aromatic heterocycles. The van der Waals surface area contributed by atoms with E-state index in [1.807, 2.05) is 30.3 Å². The number of thiophene rings is 1. The largest absolute Gasteiger partial charge is 0.454 e. The maximum absolute atomic E-state index is 12.2. The Morgan fingerprint density at radius 2 is 2.12 bits per heavy atom. The Hall–Kier alpha value is -2.94. The van der Waals surface area contributed by atoms with Crippen LogP contribution in [0, 0.1) is 6.92 Å². The molecule has 0 bridgehead atoms. The van der Waals surface area contributed by atoms with Crippen molar-refractivity contribution < 1.29 is 14.3 Å². The second-order valence-electron chi connectivity index (χ2n) is 5.50. The maximum Gasteiger partial charge on any atom is 0.331 e. The van der Waals surface area contributed by atoms with Gasteiger partial charge in [-0.1, -0.05) is 6.92 Å². The monoisotopic (exact) mass is 377 g/mol. The van der Waals surface area contributed by atoms with Crippen LogP contribution in [0.3, 0.4) is 0 Å². The van der Waals surface area contributed by atoms with E-state index in [0.29, 0.717) is 6.42 Å². The predicted octanol–water partition coefficient (Wildman–Crippen LogP) is 1.34. The first kappa shape index (κ1) is 19.4. The summed E-state index contributed by atoms with van der Waals surface area (Å²) < 4.78 is 5.98. The number of ketones is 1. The highest BCUT2D eigenvalue weighted by Gasteiger charge is 2.20. The molecule has 0 radical (unpaired) electrons. The molecule has 0 saturated heterocycles. The van der Waals surface area contributed by atoms with E-state index in [0.717, 1.165) is 15.0 Å². The van der Waals surface area contributed by atoms with E-state index in [2.05, 4.69) is 0 Å². The molecule has 3 N–H and O–H groups in total. The van der Waals surface area contributed by atoms with Crippen LogP contribution in [0.15, 0.2) is 27.1 Å². The fourth-order valence-corrected chi connectivity index (χ4v) is 3.08. The van der Waals surface area contributed by atoms with Crippen molar-refractivity contribution >= 4 is 35.0 Å². The van der Waals surface area contributed by atoms with Crippen molar-refractivity contribution in [3.63, 3.8) is 0 Å². The molecule has 26 heavy (non-hydrogen) atoms. The van der Waals surface area contributed by atoms with Crippen molar-refractivity contribution in [3.8, 4) is 0 Å². The normalized spacial score (nSPS) is 11.0. The Morgan fingerprint density at radius 1 is 1.38 bits per heavy atom. The maximum atomic E-state index is 12.2. The lowest BCUT2D eigenvalue weighted by atomic mass is 10.2. The Labute approximate surface area is 152 Å². The van der Waals surface area contributed by atoms with Gasteiger partial charge in [0.15, 0.2) is 6.61 Å². The number of Topliss-reactive ketones (excluding diaryl/α,β-unsaturated/α-hetero) is 1. The fraction of sp³-hybridized carbons (Fsp3) is 0.294. The third kappa shape index (κ3) is 4.37. The van der Waals surface area contributed by atoms with Crippen LogP contribution in [0.2, 0.25) is 0 Å². The van der Waals surface area contributed by atoms with E-state index in [4.69, 9.17) is 10.5 Å². The van der Waals surface area contributed by atoms with Crippen LogP contribution >= 0.6 is 11.3 Å². The predicted molar refractivity (Wildman–Crippen MR) is 99.4 cm³/mol. The Kier molecular flexibility index (Phi) is 6.29.